The van der Waals surface area contributed by atoms with Gasteiger partial charge in [0.05, 0.1) is 12.5 Å². The maximum Gasteiger partial charge on any atom is 0.141 e. The number of halogens is 2. The van der Waals surface area contributed by atoms with Gasteiger partial charge in [0.25, 0.3) is 0 Å². The minimum absolute atomic E-state index is 0.0440. The van der Waals surface area contributed by atoms with E-state index in [4.69, 9.17) is 22.2 Å². The second-order valence-corrected chi connectivity index (χ2v) is 6.35. The Morgan fingerprint density at radius 2 is 2.21 bits per heavy atom. The molecule has 1 aromatic carbocycles. The fourth-order valence-corrected chi connectivity index (χ4v) is 3.61. The Hall–Kier alpha value is -2.05. The van der Waals surface area contributed by atoms with Crippen LogP contribution in [-0.4, -0.2) is 30.6 Å². The zero-order valence-corrected chi connectivity index (χ0v) is 14.1. The van der Waals surface area contributed by atoms with Crippen LogP contribution in [0, 0.1) is 5.82 Å². The summed E-state index contributed by atoms with van der Waals surface area (Å²) in [5.41, 5.74) is 4.38. The van der Waals surface area contributed by atoms with Crippen LogP contribution in [0.15, 0.2) is 36.5 Å². The number of hydrogen-bond donors (Lipinski definition) is 2. The lowest BCUT2D eigenvalue weighted by Gasteiger charge is -2.37. The van der Waals surface area contributed by atoms with Crippen molar-refractivity contribution in [3.05, 3.63) is 47.9 Å². The average Bonchev–Trinajstić information content (AvgIpc) is 2.61. The Bertz CT molecular complexity index is 715. The van der Waals surface area contributed by atoms with Crippen LogP contribution in [0.2, 0.25) is 0 Å². The first-order valence-corrected chi connectivity index (χ1v) is 8.21. The van der Waals surface area contributed by atoms with Crippen LogP contribution in [0.3, 0.4) is 0 Å². The number of nitrogens with zero attached hydrogens (tertiary/aromatic N) is 2. The number of aromatic nitrogens is 1. The summed E-state index contributed by atoms with van der Waals surface area (Å²) in [5.74, 6) is 6.47. The van der Waals surface area contributed by atoms with E-state index in [0.717, 1.165) is 24.2 Å². The van der Waals surface area contributed by atoms with Gasteiger partial charge < -0.3 is 15.1 Å². The number of methoxy groups -OCH3 is 1. The van der Waals surface area contributed by atoms with Gasteiger partial charge in [-0.25, -0.2) is 15.2 Å². The predicted octanol–water partition coefficient (Wildman–Crippen LogP) is 3.12. The lowest BCUT2D eigenvalue weighted by Crippen LogP contribution is -2.40. The third-order valence-electron chi connectivity index (χ3n) is 4.39. The molecule has 1 saturated heterocycles. The molecule has 3 rings (SSSR count). The molecule has 2 heterocycles. The van der Waals surface area contributed by atoms with Crippen molar-refractivity contribution in [2.45, 2.75) is 17.7 Å². The molecular weight excluding hydrogens is 331 g/mol. The molecule has 3 N–H and O–H groups in total. The molecule has 1 aromatic heterocycles. The van der Waals surface area contributed by atoms with Crippen molar-refractivity contribution in [3.63, 3.8) is 0 Å². The van der Waals surface area contributed by atoms with Gasteiger partial charge in [-0.1, -0.05) is 0 Å². The number of ether oxygens (including phenoxy) is 1. The van der Waals surface area contributed by atoms with E-state index < -0.39 is 0 Å². The Balaban J connectivity index is 1.79. The Morgan fingerprint density at radius 3 is 2.92 bits per heavy atom. The first-order valence-electron chi connectivity index (χ1n) is 7.77. The van der Waals surface area contributed by atoms with Gasteiger partial charge >= 0.3 is 0 Å². The summed E-state index contributed by atoms with van der Waals surface area (Å²) < 4.78 is 19.0. The smallest absolute Gasteiger partial charge is 0.141 e. The van der Waals surface area contributed by atoms with E-state index in [2.05, 4.69) is 15.3 Å². The van der Waals surface area contributed by atoms with Crippen LogP contribution >= 0.6 is 11.6 Å². The summed E-state index contributed by atoms with van der Waals surface area (Å²) in [4.78, 5) is 6.30. The number of hydrazine groups is 1. The van der Waals surface area contributed by atoms with E-state index in [-0.39, 0.29) is 17.1 Å². The molecule has 2 atom stereocenters. The number of rotatable bonds is 4. The number of nitrogens with two attached hydrogens (primary N) is 1. The highest BCUT2D eigenvalue weighted by molar-refractivity contribution is 6.21. The fourth-order valence-electron chi connectivity index (χ4n) is 3.18. The van der Waals surface area contributed by atoms with E-state index in [1.807, 2.05) is 12.1 Å². The Kier molecular flexibility index (Phi) is 5.06. The normalized spacial score (nSPS) is 20.8. The molecule has 1 fully saturated rings. The van der Waals surface area contributed by atoms with Crippen LogP contribution in [0.4, 0.5) is 15.9 Å². The number of nitrogen functional groups attached to an aromatic ring is 1. The zero-order chi connectivity index (χ0) is 17.1. The molecule has 0 saturated carbocycles. The maximum absolute atomic E-state index is 13.7. The standard InChI is InChI=1S/C17H20ClFN4O/c1-24-16-3-2-11(19)8-14(16)13-5-7-23(10-15(13)18)12-4-6-21-17(9-12)22-20/h2-4,6,8-9,13,15H,5,7,10,20H2,1H3,(H,21,22). The molecule has 1 aliphatic heterocycles. The summed E-state index contributed by atoms with van der Waals surface area (Å²) >= 11 is 6.64. The molecule has 0 amide bonds. The molecule has 128 valence electrons. The molecule has 0 spiro atoms. The van der Waals surface area contributed by atoms with Gasteiger partial charge in [-0.05, 0) is 30.7 Å². The van der Waals surface area contributed by atoms with Crippen molar-refractivity contribution in [2.75, 3.05) is 30.5 Å². The highest BCUT2D eigenvalue weighted by Crippen LogP contribution is 2.38. The molecule has 2 unspecified atom stereocenters. The van der Waals surface area contributed by atoms with Crippen molar-refractivity contribution in [1.82, 2.24) is 4.98 Å². The number of anilines is 2. The predicted molar refractivity (Wildman–Crippen MR) is 94.2 cm³/mol. The summed E-state index contributed by atoms with van der Waals surface area (Å²) in [6.45, 7) is 1.46. The third kappa shape index (κ3) is 3.39. The van der Waals surface area contributed by atoms with Crippen LogP contribution in [-0.2, 0) is 0 Å². The number of nitrogens with one attached hydrogen (secondary N) is 1. The second kappa shape index (κ2) is 7.23. The molecule has 0 bridgehead atoms. The second-order valence-electron chi connectivity index (χ2n) is 5.79. The highest BCUT2D eigenvalue weighted by Gasteiger charge is 2.31. The molecule has 0 radical (unpaired) electrons. The number of piperidine rings is 1. The van der Waals surface area contributed by atoms with E-state index in [1.54, 1.807) is 19.4 Å². The number of pyridine rings is 1. The number of alkyl halides is 1. The quantitative estimate of drug-likeness (QED) is 0.504. The lowest BCUT2D eigenvalue weighted by molar-refractivity contribution is 0.396. The van der Waals surface area contributed by atoms with Crippen LogP contribution in [0.25, 0.3) is 0 Å². The van der Waals surface area contributed by atoms with Crippen LogP contribution < -0.4 is 20.9 Å². The fraction of sp³-hybridized carbons (Fsp3) is 0.353. The molecule has 2 aromatic rings. The highest BCUT2D eigenvalue weighted by atomic mass is 35.5. The van der Waals surface area contributed by atoms with Gasteiger partial charge in [0.15, 0.2) is 0 Å². The van der Waals surface area contributed by atoms with Crippen LogP contribution in [0.1, 0.15) is 17.9 Å². The largest absolute Gasteiger partial charge is 0.496 e. The van der Waals surface area contributed by atoms with Crippen molar-refractivity contribution in [2.24, 2.45) is 5.84 Å². The van der Waals surface area contributed by atoms with Gasteiger partial charge in [-0.3, -0.25) is 0 Å². The molecule has 24 heavy (non-hydrogen) atoms. The SMILES string of the molecule is COc1ccc(F)cc1C1CCN(c2ccnc(NN)c2)CC1Cl. The van der Waals surface area contributed by atoms with E-state index in [9.17, 15) is 4.39 Å². The molecule has 1 aliphatic rings. The van der Waals surface area contributed by atoms with Crippen LogP contribution in [0.5, 0.6) is 5.75 Å². The first-order chi connectivity index (χ1) is 11.6. The molecule has 7 heteroatoms. The summed E-state index contributed by atoms with van der Waals surface area (Å²) in [6, 6.07) is 8.39. The Morgan fingerprint density at radius 1 is 1.38 bits per heavy atom. The van der Waals surface area contributed by atoms with Gasteiger partial charge in [-0.2, -0.15) is 0 Å². The van der Waals surface area contributed by atoms with Gasteiger partial charge in [0.2, 0.25) is 0 Å². The Labute approximate surface area is 145 Å². The number of hydrogen-bond acceptors (Lipinski definition) is 5. The molecule has 5 nitrogen and oxygen atoms in total. The van der Waals surface area contributed by atoms with Gasteiger partial charge in [0.1, 0.15) is 17.4 Å². The minimum Gasteiger partial charge on any atom is -0.496 e. The topological polar surface area (TPSA) is 63.4 Å². The van der Waals surface area contributed by atoms with E-state index in [1.165, 1.54) is 12.1 Å². The summed E-state index contributed by atoms with van der Waals surface area (Å²) in [7, 11) is 1.59. The van der Waals surface area contributed by atoms with Gasteiger partial charge in [-0.15, -0.1) is 11.6 Å². The molecular formula is C17H20ClFN4O. The maximum atomic E-state index is 13.7. The van der Waals surface area contributed by atoms with E-state index >= 15 is 0 Å². The summed E-state index contributed by atoms with van der Waals surface area (Å²) in [6.07, 6.45) is 2.51. The zero-order valence-electron chi connectivity index (χ0n) is 13.4. The van der Waals surface area contributed by atoms with Crippen molar-refractivity contribution in [3.8, 4) is 5.75 Å². The summed E-state index contributed by atoms with van der Waals surface area (Å²) in [5, 5.41) is -0.156. The minimum atomic E-state index is -0.273. The van der Waals surface area contributed by atoms with Gasteiger partial charge in [0, 0.05) is 42.5 Å². The van der Waals surface area contributed by atoms with Crippen molar-refractivity contribution in [1.29, 1.82) is 0 Å². The first kappa shape index (κ1) is 16.8. The number of benzene rings is 1. The average molecular weight is 351 g/mol. The lowest BCUT2D eigenvalue weighted by atomic mass is 9.88. The van der Waals surface area contributed by atoms with E-state index in [0.29, 0.717) is 18.1 Å². The molecule has 0 aliphatic carbocycles. The third-order valence-corrected chi connectivity index (χ3v) is 4.83. The van der Waals surface area contributed by atoms with Crippen molar-refractivity contribution < 1.29 is 9.13 Å². The van der Waals surface area contributed by atoms with Crippen molar-refractivity contribution >= 4 is 23.1 Å². The monoisotopic (exact) mass is 350 g/mol.